The van der Waals surface area contributed by atoms with Crippen molar-refractivity contribution < 1.29 is 4.92 Å². The van der Waals surface area contributed by atoms with Gasteiger partial charge in [0.05, 0.1) is 4.92 Å². The second kappa shape index (κ2) is 6.49. The molecule has 0 amide bonds. The topological polar surface area (TPSA) is 84.2 Å². The van der Waals surface area contributed by atoms with Crippen molar-refractivity contribution in [2.24, 2.45) is 0 Å². The van der Waals surface area contributed by atoms with E-state index in [1.165, 1.54) is 25.6 Å². The predicted molar refractivity (Wildman–Crippen MR) is 78.1 cm³/mol. The Balaban J connectivity index is 2.40. The van der Waals surface area contributed by atoms with Gasteiger partial charge in [-0.1, -0.05) is 19.3 Å². The van der Waals surface area contributed by atoms with Crippen LogP contribution in [-0.2, 0) is 0 Å². The molecule has 1 saturated carbocycles. The van der Waals surface area contributed by atoms with Crippen molar-refractivity contribution in [3.63, 3.8) is 0 Å². The minimum atomic E-state index is -0.396. The zero-order valence-corrected chi connectivity index (χ0v) is 12.0. The third kappa shape index (κ3) is 2.81. The summed E-state index contributed by atoms with van der Waals surface area (Å²) in [4.78, 5) is 21.2. The lowest BCUT2D eigenvalue weighted by molar-refractivity contribution is -0.383. The van der Waals surface area contributed by atoms with Gasteiger partial charge in [0.1, 0.15) is 6.33 Å². The Morgan fingerprint density at radius 1 is 1.40 bits per heavy atom. The van der Waals surface area contributed by atoms with E-state index in [0.29, 0.717) is 18.4 Å². The van der Waals surface area contributed by atoms with E-state index in [2.05, 4.69) is 20.2 Å². The van der Waals surface area contributed by atoms with Crippen LogP contribution >= 0.6 is 0 Å². The fourth-order valence-electron chi connectivity index (χ4n) is 2.90. The first-order valence-corrected chi connectivity index (χ1v) is 7.12. The average molecular weight is 279 g/mol. The van der Waals surface area contributed by atoms with Gasteiger partial charge in [0, 0.05) is 19.6 Å². The monoisotopic (exact) mass is 279 g/mol. The van der Waals surface area contributed by atoms with Crippen LogP contribution in [0.15, 0.2) is 6.33 Å². The van der Waals surface area contributed by atoms with Gasteiger partial charge in [-0.15, -0.1) is 0 Å². The molecule has 1 N–H and O–H groups in total. The Bertz CT molecular complexity index is 474. The minimum Gasteiger partial charge on any atom is -0.367 e. The molecule has 1 fully saturated rings. The summed E-state index contributed by atoms with van der Waals surface area (Å²) in [5, 5.41) is 14.1. The summed E-state index contributed by atoms with van der Waals surface area (Å²) in [6, 6.07) is 0.340. The lowest BCUT2D eigenvalue weighted by Crippen LogP contribution is -2.37. The Kier molecular flexibility index (Phi) is 4.70. The zero-order chi connectivity index (χ0) is 14.5. The molecule has 1 aromatic rings. The molecule has 1 aromatic heterocycles. The summed E-state index contributed by atoms with van der Waals surface area (Å²) >= 11 is 0. The Hall–Kier alpha value is -1.92. The number of nitrogens with zero attached hydrogens (tertiary/aromatic N) is 4. The Labute approximate surface area is 118 Å². The van der Waals surface area contributed by atoms with Crippen molar-refractivity contribution in [1.29, 1.82) is 0 Å². The number of rotatable bonds is 5. The normalized spacial score (nSPS) is 15.9. The first-order chi connectivity index (χ1) is 9.69. The Morgan fingerprint density at radius 2 is 2.10 bits per heavy atom. The van der Waals surface area contributed by atoms with E-state index in [9.17, 15) is 10.1 Å². The maximum Gasteiger partial charge on any atom is 0.353 e. The number of nitro groups is 1. The smallest absolute Gasteiger partial charge is 0.353 e. The molecule has 1 aliphatic rings. The van der Waals surface area contributed by atoms with Gasteiger partial charge < -0.3 is 10.2 Å². The highest BCUT2D eigenvalue weighted by molar-refractivity contribution is 5.70. The quantitative estimate of drug-likeness (QED) is 0.658. The third-order valence-electron chi connectivity index (χ3n) is 3.85. The zero-order valence-electron chi connectivity index (χ0n) is 12.0. The van der Waals surface area contributed by atoms with E-state index in [4.69, 9.17) is 0 Å². The fourth-order valence-corrected chi connectivity index (χ4v) is 2.90. The van der Waals surface area contributed by atoms with Crippen molar-refractivity contribution in [2.45, 2.75) is 45.1 Å². The maximum atomic E-state index is 11.4. The molecule has 0 aliphatic heterocycles. The van der Waals surface area contributed by atoms with Crippen LogP contribution in [0.3, 0.4) is 0 Å². The van der Waals surface area contributed by atoms with Gasteiger partial charge in [0.15, 0.2) is 0 Å². The predicted octanol–water partition coefficient (Wildman–Crippen LogP) is 2.59. The molecule has 7 nitrogen and oxygen atoms in total. The van der Waals surface area contributed by atoms with Crippen LogP contribution in [0.4, 0.5) is 17.3 Å². The lowest BCUT2D eigenvalue weighted by atomic mass is 9.94. The molecule has 0 saturated heterocycles. The molecule has 0 unspecified atom stereocenters. The molecule has 1 heterocycles. The highest BCUT2D eigenvalue weighted by Gasteiger charge is 2.30. The summed E-state index contributed by atoms with van der Waals surface area (Å²) < 4.78 is 0. The molecule has 2 rings (SSSR count). The standard InChI is InChI=1S/C13H21N5O2/c1-3-17(10-7-5-4-6-8-10)13-11(18(19)20)12(14-2)15-9-16-13/h9-10H,3-8H2,1-2H3,(H,14,15,16). The third-order valence-corrected chi connectivity index (χ3v) is 3.85. The number of hydrogen-bond donors (Lipinski definition) is 1. The summed E-state index contributed by atoms with van der Waals surface area (Å²) in [6.07, 6.45) is 7.15. The molecule has 20 heavy (non-hydrogen) atoms. The van der Waals surface area contributed by atoms with Crippen molar-refractivity contribution >= 4 is 17.3 Å². The number of anilines is 2. The summed E-state index contributed by atoms with van der Waals surface area (Å²) in [6.45, 7) is 2.73. The Morgan fingerprint density at radius 3 is 2.65 bits per heavy atom. The largest absolute Gasteiger partial charge is 0.367 e. The first-order valence-electron chi connectivity index (χ1n) is 7.12. The molecule has 0 aromatic carbocycles. The SMILES string of the molecule is CCN(c1ncnc(NC)c1[N+](=O)[O-])C1CCCCC1. The molecule has 0 bridgehead atoms. The van der Waals surface area contributed by atoms with Crippen LogP contribution in [0.5, 0.6) is 0 Å². The maximum absolute atomic E-state index is 11.4. The molecule has 0 radical (unpaired) electrons. The van der Waals surface area contributed by atoms with Crippen LogP contribution in [-0.4, -0.2) is 34.5 Å². The first kappa shape index (κ1) is 14.5. The number of hydrogen-bond acceptors (Lipinski definition) is 6. The van der Waals surface area contributed by atoms with E-state index in [1.54, 1.807) is 7.05 Å². The van der Waals surface area contributed by atoms with Crippen LogP contribution in [0.2, 0.25) is 0 Å². The van der Waals surface area contributed by atoms with Crippen molar-refractivity contribution in [2.75, 3.05) is 23.8 Å². The summed E-state index contributed by atoms with van der Waals surface area (Å²) in [5.41, 5.74) is -0.0255. The van der Waals surface area contributed by atoms with Gasteiger partial charge in [-0.2, -0.15) is 0 Å². The summed E-state index contributed by atoms with van der Waals surface area (Å²) in [5.74, 6) is 0.706. The van der Waals surface area contributed by atoms with Crippen LogP contribution in [0.25, 0.3) is 0 Å². The van der Waals surface area contributed by atoms with Gasteiger partial charge in [-0.05, 0) is 19.8 Å². The number of aromatic nitrogens is 2. The van der Waals surface area contributed by atoms with Crippen molar-refractivity contribution in [3.05, 3.63) is 16.4 Å². The van der Waals surface area contributed by atoms with Gasteiger partial charge >= 0.3 is 5.69 Å². The highest BCUT2D eigenvalue weighted by Crippen LogP contribution is 2.35. The van der Waals surface area contributed by atoms with Crippen molar-refractivity contribution in [1.82, 2.24) is 9.97 Å². The second-order valence-electron chi connectivity index (χ2n) is 4.98. The molecule has 1 aliphatic carbocycles. The number of nitrogens with one attached hydrogen (secondary N) is 1. The molecule has 7 heteroatoms. The van der Waals surface area contributed by atoms with Crippen LogP contribution in [0, 0.1) is 10.1 Å². The molecular weight excluding hydrogens is 258 g/mol. The molecule has 0 atom stereocenters. The van der Waals surface area contributed by atoms with Crippen molar-refractivity contribution in [3.8, 4) is 0 Å². The highest BCUT2D eigenvalue weighted by atomic mass is 16.6. The molecule has 110 valence electrons. The van der Waals surface area contributed by atoms with E-state index in [0.717, 1.165) is 12.8 Å². The van der Waals surface area contributed by atoms with Crippen LogP contribution < -0.4 is 10.2 Å². The van der Waals surface area contributed by atoms with E-state index >= 15 is 0 Å². The lowest BCUT2D eigenvalue weighted by Gasteiger charge is -2.34. The average Bonchev–Trinajstić information content (AvgIpc) is 2.48. The van der Waals surface area contributed by atoms with Gasteiger partial charge in [-0.3, -0.25) is 10.1 Å². The van der Waals surface area contributed by atoms with E-state index in [-0.39, 0.29) is 11.5 Å². The van der Waals surface area contributed by atoms with Gasteiger partial charge in [0.2, 0.25) is 11.6 Å². The van der Waals surface area contributed by atoms with Gasteiger partial charge in [-0.25, -0.2) is 9.97 Å². The summed E-state index contributed by atoms with van der Waals surface area (Å²) in [7, 11) is 1.63. The van der Waals surface area contributed by atoms with Crippen LogP contribution in [0.1, 0.15) is 39.0 Å². The second-order valence-corrected chi connectivity index (χ2v) is 4.98. The van der Waals surface area contributed by atoms with Gasteiger partial charge in [0.25, 0.3) is 0 Å². The molecule has 0 spiro atoms. The molecular formula is C13H21N5O2. The fraction of sp³-hybridized carbons (Fsp3) is 0.692. The minimum absolute atomic E-state index is 0.0255. The van der Waals surface area contributed by atoms with E-state index < -0.39 is 4.92 Å². The van der Waals surface area contributed by atoms with E-state index in [1.807, 2.05) is 6.92 Å².